The topological polar surface area (TPSA) is 46.0 Å². The molecule has 0 aliphatic heterocycles. The van der Waals surface area contributed by atoms with Crippen LogP contribution in [0.5, 0.6) is 0 Å². The van der Waals surface area contributed by atoms with E-state index in [4.69, 9.17) is 28.3 Å². The average molecular weight is 221 g/mol. The average Bonchev–Trinajstić information content (AvgIpc) is 2.09. The molecule has 0 radical (unpaired) electrons. The van der Waals surface area contributed by atoms with Crippen LogP contribution in [0.25, 0.3) is 0 Å². The molecule has 72 valence electrons. The van der Waals surface area contributed by atoms with Crippen molar-refractivity contribution >= 4 is 23.2 Å². The van der Waals surface area contributed by atoms with Crippen LogP contribution in [-0.4, -0.2) is 21.7 Å². The smallest absolute Gasteiger partial charge is 0.223 e. The summed E-state index contributed by atoms with van der Waals surface area (Å²) in [6.07, 6.45) is 2.25. The summed E-state index contributed by atoms with van der Waals surface area (Å²) in [5, 5.41) is 9.34. The molecule has 1 rings (SSSR count). The zero-order valence-corrected chi connectivity index (χ0v) is 8.68. The molecule has 0 aliphatic rings. The monoisotopic (exact) mass is 220 g/mol. The number of aliphatic hydroxyl groups excluding tert-OH is 1. The first-order valence-electron chi connectivity index (χ1n) is 3.91. The molecule has 0 amide bonds. The molecule has 5 heteroatoms. The van der Waals surface area contributed by atoms with E-state index in [0.29, 0.717) is 11.6 Å². The van der Waals surface area contributed by atoms with E-state index in [1.165, 1.54) is 0 Å². The molecule has 1 aromatic rings. The van der Waals surface area contributed by atoms with Crippen molar-refractivity contribution in [1.82, 2.24) is 9.97 Å². The molecule has 1 atom stereocenters. The highest BCUT2D eigenvalue weighted by atomic mass is 35.5. The lowest BCUT2D eigenvalue weighted by Gasteiger charge is -2.07. The minimum absolute atomic E-state index is 0.124. The van der Waals surface area contributed by atoms with Gasteiger partial charge in [0.15, 0.2) is 0 Å². The second-order valence-corrected chi connectivity index (χ2v) is 3.64. The Bertz CT molecular complexity index is 293. The van der Waals surface area contributed by atoms with Gasteiger partial charge < -0.3 is 5.11 Å². The maximum Gasteiger partial charge on any atom is 0.223 e. The fraction of sp³-hybridized carbons (Fsp3) is 0.500. The van der Waals surface area contributed by atoms with Crippen molar-refractivity contribution in [3.8, 4) is 0 Å². The quantitative estimate of drug-likeness (QED) is 0.626. The van der Waals surface area contributed by atoms with Gasteiger partial charge >= 0.3 is 0 Å². The largest absolute Gasteiger partial charge is 0.396 e. The van der Waals surface area contributed by atoms with Gasteiger partial charge in [-0.1, -0.05) is 18.5 Å². The van der Waals surface area contributed by atoms with Gasteiger partial charge in [0.25, 0.3) is 0 Å². The summed E-state index contributed by atoms with van der Waals surface area (Å²) in [6.45, 7) is 2.05. The van der Waals surface area contributed by atoms with Crippen LogP contribution in [0, 0.1) is 5.92 Å². The van der Waals surface area contributed by atoms with Gasteiger partial charge in [-0.05, 0) is 23.9 Å². The van der Waals surface area contributed by atoms with Crippen molar-refractivity contribution in [2.24, 2.45) is 5.92 Å². The predicted molar refractivity (Wildman–Crippen MR) is 52.0 cm³/mol. The number of nitrogens with zero attached hydrogens (tertiary/aromatic N) is 2. The minimum atomic E-state index is 0.124. The van der Waals surface area contributed by atoms with Crippen molar-refractivity contribution in [3.05, 3.63) is 22.2 Å². The second-order valence-electron chi connectivity index (χ2n) is 2.95. The number of rotatable bonds is 3. The lowest BCUT2D eigenvalue weighted by Crippen LogP contribution is -2.06. The Hall–Kier alpha value is -0.380. The summed E-state index contributed by atoms with van der Waals surface area (Å²) in [4.78, 5) is 7.61. The molecule has 13 heavy (non-hydrogen) atoms. The van der Waals surface area contributed by atoms with E-state index in [2.05, 4.69) is 9.97 Å². The van der Waals surface area contributed by atoms with Crippen LogP contribution in [0.15, 0.2) is 6.20 Å². The third kappa shape index (κ3) is 3.10. The molecule has 0 fully saturated rings. The molecule has 3 nitrogen and oxygen atoms in total. The van der Waals surface area contributed by atoms with Crippen LogP contribution >= 0.6 is 23.2 Å². The summed E-state index contributed by atoms with van der Waals surface area (Å²) in [6, 6.07) is 0. The lowest BCUT2D eigenvalue weighted by atomic mass is 10.1. The van der Waals surface area contributed by atoms with Gasteiger partial charge in [0.05, 0.1) is 0 Å². The Labute approximate surface area is 86.7 Å². The van der Waals surface area contributed by atoms with Crippen LogP contribution < -0.4 is 0 Å². The number of aromatic nitrogens is 2. The van der Waals surface area contributed by atoms with E-state index in [1.54, 1.807) is 6.20 Å². The lowest BCUT2D eigenvalue weighted by molar-refractivity contribution is 0.237. The van der Waals surface area contributed by atoms with Crippen molar-refractivity contribution in [3.63, 3.8) is 0 Å². The maximum atomic E-state index is 8.83. The molecule has 0 saturated heterocycles. The van der Waals surface area contributed by atoms with Crippen molar-refractivity contribution in [2.75, 3.05) is 6.61 Å². The molecular formula is C8H10Cl2N2O. The SMILES string of the molecule is CC(CO)Cc1cnc(Cl)nc1Cl. The number of hydrogen-bond acceptors (Lipinski definition) is 3. The summed E-state index contributed by atoms with van der Waals surface area (Å²) < 4.78 is 0. The molecule has 1 unspecified atom stereocenters. The van der Waals surface area contributed by atoms with Crippen molar-refractivity contribution in [2.45, 2.75) is 13.3 Å². The van der Waals surface area contributed by atoms with Gasteiger partial charge in [0, 0.05) is 18.4 Å². The van der Waals surface area contributed by atoms with Gasteiger partial charge in [0.2, 0.25) is 5.28 Å². The van der Waals surface area contributed by atoms with Crippen molar-refractivity contribution in [1.29, 1.82) is 0 Å². The fourth-order valence-electron chi connectivity index (χ4n) is 0.943. The summed E-state index contributed by atoms with van der Waals surface area (Å²) in [5.74, 6) is 0.155. The Morgan fingerprint density at radius 3 is 2.77 bits per heavy atom. The van der Waals surface area contributed by atoms with Crippen LogP contribution in [-0.2, 0) is 6.42 Å². The van der Waals surface area contributed by atoms with Gasteiger partial charge in [0.1, 0.15) is 5.15 Å². The van der Waals surface area contributed by atoms with Crippen LogP contribution in [0.3, 0.4) is 0 Å². The molecule has 0 bridgehead atoms. The van der Waals surface area contributed by atoms with Gasteiger partial charge in [-0.3, -0.25) is 0 Å². The van der Waals surface area contributed by atoms with E-state index in [1.807, 2.05) is 6.92 Å². The minimum Gasteiger partial charge on any atom is -0.396 e. The molecule has 1 N–H and O–H groups in total. The number of aliphatic hydroxyl groups is 1. The number of halogens is 2. The Morgan fingerprint density at radius 1 is 1.54 bits per heavy atom. The van der Waals surface area contributed by atoms with Crippen LogP contribution in [0.1, 0.15) is 12.5 Å². The van der Waals surface area contributed by atoms with Crippen LogP contribution in [0.2, 0.25) is 10.4 Å². The molecule has 0 saturated carbocycles. The summed E-state index contributed by atoms with van der Waals surface area (Å²) in [7, 11) is 0. The van der Waals surface area contributed by atoms with E-state index >= 15 is 0 Å². The van der Waals surface area contributed by atoms with Gasteiger partial charge in [-0.15, -0.1) is 0 Å². The number of hydrogen-bond donors (Lipinski definition) is 1. The highest BCUT2D eigenvalue weighted by Gasteiger charge is 2.07. The standard InChI is InChI=1S/C8H10Cl2N2O/c1-5(4-13)2-6-3-11-8(10)12-7(6)9/h3,5,13H,2,4H2,1H3. The predicted octanol–water partition coefficient (Wildman–Crippen LogP) is 1.95. The Morgan fingerprint density at radius 2 is 2.23 bits per heavy atom. The van der Waals surface area contributed by atoms with Crippen molar-refractivity contribution < 1.29 is 5.11 Å². The first-order chi connectivity index (χ1) is 6.13. The van der Waals surface area contributed by atoms with Crippen LogP contribution in [0.4, 0.5) is 0 Å². The Kier molecular flexibility index (Phi) is 3.90. The Balaban J connectivity index is 2.77. The zero-order valence-electron chi connectivity index (χ0n) is 7.17. The first kappa shape index (κ1) is 10.7. The first-order valence-corrected chi connectivity index (χ1v) is 4.67. The molecule has 1 heterocycles. The summed E-state index contributed by atoms with van der Waals surface area (Å²) in [5.41, 5.74) is 0.813. The van der Waals surface area contributed by atoms with E-state index in [0.717, 1.165) is 5.56 Å². The summed E-state index contributed by atoms with van der Waals surface area (Å²) >= 11 is 11.3. The zero-order chi connectivity index (χ0) is 9.84. The highest BCUT2D eigenvalue weighted by molar-refractivity contribution is 6.32. The van der Waals surface area contributed by atoms with E-state index in [9.17, 15) is 0 Å². The van der Waals surface area contributed by atoms with E-state index < -0.39 is 0 Å². The fourth-order valence-corrected chi connectivity index (χ4v) is 1.33. The molecule has 0 aliphatic carbocycles. The molecular weight excluding hydrogens is 211 g/mol. The normalized spacial score (nSPS) is 12.9. The third-order valence-corrected chi connectivity index (χ3v) is 2.17. The third-order valence-electron chi connectivity index (χ3n) is 1.66. The highest BCUT2D eigenvalue weighted by Crippen LogP contribution is 2.17. The van der Waals surface area contributed by atoms with Gasteiger partial charge in [-0.2, -0.15) is 0 Å². The van der Waals surface area contributed by atoms with Gasteiger partial charge in [-0.25, -0.2) is 9.97 Å². The second kappa shape index (κ2) is 4.74. The molecule has 0 aromatic carbocycles. The maximum absolute atomic E-state index is 8.83. The molecule has 0 spiro atoms. The van der Waals surface area contributed by atoms with E-state index in [-0.39, 0.29) is 17.8 Å². The molecule has 1 aromatic heterocycles.